The van der Waals surface area contributed by atoms with Crippen LogP contribution in [0.2, 0.25) is 0 Å². The zero-order valence-electron chi connectivity index (χ0n) is 9.92. The molecular weight excluding hydrogens is 258 g/mol. The van der Waals surface area contributed by atoms with Gasteiger partial charge in [-0.2, -0.15) is 0 Å². The van der Waals surface area contributed by atoms with Crippen molar-refractivity contribution in [3.63, 3.8) is 0 Å². The van der Waals surface area contributed by atoms with Crippen molar-refractivity contribution in [3.05, 3.63) is 18.0 Å². The summed E-state index contributed by atoms with van der Waals surface area (Å²) in [5.41, 5.74) is 6.56. The van der Waals surface area contributed by atoms with E-state index in [-0.39, 0.29) is 24.4 Å². The van der Waals surface area contributed by atoms with Crippen molar-refractivity contribution in [2.45, 2.75) is 19.4 Å². The van der Waals surface area contributed by atoms with E-state index in [1.165, 1.54) is 0 Å². The summed E-state index contributed by atoms with van der Waals surface area (Å²) in [6.45, 7) is 2.15. The molecule has 0 saturated heterocycles. The highest BCUT2D eigenvalue weighted by molar-refractivity contribution is 5.94. The van der Waals surface area contributed by atoms with E-state index >= 15 is 0 Å². The number of nitrogens with zero attached hydrogens (tertiary/aromatic N) is 1. The molecule has 4 N–H and O–H groups in total. The van der Waals surface area contributed by atoms with Gasteiger partial charge in [-0.3, -0.25) is 9.59 Å². The van der Waals surface area contributed by atoms with E-state index in [0.717, 1.165) is 0 Å². The summed E-state index contributed by atoms with van der Waals surface area (Å²) in [6.07, 6.45) is 2.14. The number of nitrogen functional groups attached to an aromatic ring is 1. The van der Waals surface area contributed by atoms with Crippen LogP contribution in [0.1, 0.15) is 29.9 Å². The maximum atomic E-state index is 11.6. The monoisotopic (exact) mass is 273 g/mol. The van der Waals surface area contributed by atoms with E-state index in [1.54, 1.807) is 16.8 Å². The number of nitrogens with two attached hydrogens (primary N) is 1. The van der Waals surface area contributed by atoms with E-state index in [2.05, 4.69) is 5.32 Å². The van der Waals surface area contributed by atoms with Crippen molar-refractivity contribution in [2.24, 2.45) is 5.92 Å². The van der Waals surface area contributed by atoms with Gasteiger partial charge in [0.05, 0.1) is 17.6 Å². The van der Waals surface area contributed by atoms with Gasteiger partial charge in [-0.1, -0.05) is 6.92 Å². The number of carboxylic acid groups (broad SMARTS) is 1. The largest absolute Gasteiger partial charge is 0.481 e. The van der Waals surface area contributed by atoms with Crippen LogP contribution in [0, 0.1) is 5.92 Å². The SMILES string of the molecule is CCC(C(=O)O)C1CNC(=O)c2cc(N)cn21.Cl. The van der Waals surface area contributed by atoms with E-state index < -0.39 is 11.9 Å². The Morgan fingerprint density at radius 2 is 2.39 bits per heavy atom. The molecule has 2 heterocycles. The zero-order valence-corrected chi connectivity index (χ0v) is 10.7. The fraction of sp³-hybridized carbons (Fsp3) is 0.455. The van der Waals surface area contributed by atoms with Crippen LogP contribution in [-0.4, -0.2) is 28.1 Å². The minimum atomic E-state index is -0.855. The minimum Gasteiger partial charge on any atom is -0.481 e. The molecule has 100 valence electrons. The van der Waals surface area contributed by atoms with Crippen molar-refractivity contribution in [1.82, 2.24) is 9.88 Å². The third-order valence-electron chi connectivity index (χ3n) is 3.15. The number of aliphatic carboxylic acids is 1. The maximum Gasteiger partial charge on any atom is 0.308 e. The Kier molecular flexibility index (Phi) is 4.24. The number of carbonyl (C=O) groups excluding carboxylic acids is 1. The first-order valence-corrected chi connectivity index (χ1v) is 5.53. The second-order valence-electron chi connectivity index (χ2n) is 4.20. The highest BCUT2D eigenvalue weighted by atomic mass is 35.5. The van der Waals surface area contributed by atoms with Gasteiger partial charge in [0.1, 0.15) is 5.69 Å². The Balaban J connectivity index is 0.00000162. The molecule has 18 heavy (non-hydrogen) atoms. The first-order valence-electron chi connectivity index (χ1n) is 5.53. The highest BCUT2D eigenvalue weighted by Crippen LogP contribution is 2.28. The van der Waals surface area contributed by atoms with Gasteiger partial charge in [0.2, 0.25) is 0 Å². The van der Waals surface area contributed by atoms with Crippen molar-refractivity contribution in [2.75, 3.05) is 12.3 Å². The molecule has 0 saturated carbocycles. The summed E-state index contributed by atoms with van der Waals surface area (Å²) < 4.78 is 1.68. The lowest BCUT2D eigenvalue weighted by atomic mass is 9.95. The average Bonchev–Trinajstić information content (AvgIpc) is 2.65. The van der Waals surface area contributed by atoms with E-state index in [1.807, 2.05) is 6.92 Å². The molecule has 7 heteroatoms. The zero-order chi connectivity index (χ0) is 12.6. The number of fused-ring (bicyclic) bond motifs is 1. The number of aromatic nitrogens is 1. The van der Waals surface area contributed by atoms with Crippen LogP contribution in [0.5, 0.6) is 0 Å². The standard InChI is InChI=1S/C11H15N3O3.ClH/c1-2-7(11(16)17)9-4-13-10(15)8-3-6(12)5-14(8)9;/h3,5,7,9H,2,4,12H2,1H3,(H,13,15)(H,16,17);1H. The Morgan fingerprint density at radius 3 is 2.94 bits per heavy atom. The van der Waals surface area contributed by atoms with Crippen LogP contribution in [0.25, 0.3) is 0 Å². The number of amides is 1. The lowest BCUT2D eigenvalue weighted by Crippen LogP contribution is -2.43. The first-order chi connectivity index (χ1) is 8.04. The quantitative estimate of drug-likeness (QED) is 0.762. The number of anilines is 1. The van der Waals surface area contributed by atoms with E-state index in [4.69, 9.17) is 10.8 Å². The van der Waals surface area contributed by atoms with Gasteiger partial charge < -0.3 is 20.7 Å². The summed E-state index contributed by atoms with van der Waals surface area (Å²) in [4.78, 5) is 22.8. The Labute approximate surface area is 111 Å². The lowest BCUT2D eigenvalue weighted by Gasteiger charge is -2.30. The molecule has 0 fully saturated rings. The highest BCUT2D eigenvalue weighted by Gasteiger charge is 2.33. The van der Waals surface area contributed by atoms with Crippen LogP contribution in [-0.2, 0) is 4.79 Å². The van der Waals surface area contributed by atoms with Crippen LogP contribution in [0.3, 0.4) is 0 Å². The molecule has 0 bridgehead atoms. The van der Waals surface area contributed by atoms with Crippen molar-refractivity contribution in [1.29, 1.82) is 0 Å². The fourth-order valence-corrected chi connectivity index (χ4v) is 2.29. The van der Waals surface area contributed by atoms with Gasteiger partial charge in [0.15, 0.2) is 0 Å². The van der Waals surface area contributed by atoms with Crippen LogP contribution in [0.4, 0.5) is 5.69 Å². The molecule has 0 aromatic carbocycles. The average molecular weight is 274 g/mol. The van der Waals surface area contributed by atoms with Crippen LogP contribution >= 0.6 is 12.4 Å². The molecule has 2 rings (SSSR count). The summed E-state index contributed by atoms with van der Waals surface area (Å²) in [6, 6.07) is 1.29. The molecular formula is C11H16ClN3O3. The van der Waals surface area contributed by atoms with Crippen LogP contribution < -0.4 is 11.1 Å². The van der Waals surface area contributed by atoms with Gasteiger partial charge in [0.25, 0.3) is 5.91 Å². The normalized spacial score (nSPS) is 19.4. The Morgan fingerprint density at radius 1 is 1.72 bits per heavy atom. The summed E-state index contributed by atoms with van der Waals surface area (Å²) in [5.74, 6) is -1.59. The molecule has 0 spiro atoms. The molecule has 1 aliphatic heterocycles. The van der Waals surface area contributed by atoms with Crippen molar-refractivity contribution >= 4 is 30.0 Å². The Hall–Kier alpha value is -1.69. The summed E-state index contributed by atoms with van der Waals surface area (Å²) in [7, 11) is 0. The molecule has 0 aliphatic carbocycles. The predicted molar refractivity (Wildman–Crippen MR) is 68.9 cm³/mol. The minimum absolute atomic E-state index is 0. The smallest absolute Gasteiger partial charge is 0.308 e. The van der Waals surface area contributed by atoms with Crippen molar-refractivity contribution < 1.29 is 14.7 Å². The Bertz CT molecular complexity index is 472. The summed E-state index contributed by atoms with van der Waals surface area (Å²) in [5, 5.41) is 11.9. The third kappa shape index (κ3) is 2.28. The molecule has 6 nitrogen and oxygen atoms in total. The predicted octanol–water partition coefficient (Wildman–Crippen LogP) is 0.887. The van der Waals surface area contributed by atoms with E-state index in [9.17, 15) is 9.59 Å². The van der Waals surface area contributed by atoms with Gasteiger partial charge in [-0.25, -0.2) is 0 Å². The number of hydrogen-bond donors (Lipinski definition) is 3. The topological polar surface area (TPSA) is 97.3 Å². The number of nitrogens with one attached hydrogen (secondary N) is 1. The fourth-order valence-electron chi connectivity index (χ4n) is 2.29. The molecule has 1 aromatic rings. The molecule has 2 atom stereocenters. The number of carboxylic acids is 1. The van der Waals surface area contributed by atoms with Gasteiger partial charge in [0, 0.05) is 12.7 Å². The molecule has 1 amide bonds. The number of halogens is 1. The number of rotatable bonds is 3. The summed E-state index contributed by atoms with van der Waals surface area (Å²) >= 11 is 0. The van der Waals surface area contributed by atoms with Crippen LogP contribution in [0.15, 0.2) is 12.3 Å². The van der Waals surface area contributed by atoms with E-state index in [0.29, 0.717) is 24.3 Å². The molecule has 1 aromatic heterocycles. The second-order valence-corrected chi connectivity index (χ2v) is 4.20. The maximum absolute atomic E-state index is 11.6. The first kappa shape index (κ1) is 14.4. The molecule has 1 aliphatic rings. The second kappa shape index (κ2) is 5.30. The molecule has 0 radical (unpaired) electrons. The van der Waals surface area contributed by atoms with Crippen molar-refractivity contribution in [3.8, 4) is 0 Å². The van der Waals surface area contributed by atoms with Gasteiger partial charge in [-0.05, 0) is 12.5 Å². The number of hydrogen-bond acceptors (Lipinski definition) is 3. The third-order valence-corrected chi connectivity index (χ3v) is 3.15. The lowest BCUT2D eigenvalue weighted by molar-refractivity contribution is -0.143. The van der Waals surface area contributed by atoms with Gasteiger partial charge in [-0.15, -0.1) is 12.4 Å². The molecule has 2 unspecified atom stereocenters. The van der Waals surface area contributed by atoms with Gasteiger partial charge >= 0.3 is 5.97 Å². The number of carbonyl (C=O) groups is 2.